The summed E-state index contributed by atoms with van der Waals surface area (Å²) in [7, 11) is -2.60. The number of carbonyl (C=O) groups excluding carboxylic acids is 1. The number of methoxy groups -OCH3 is 1. The summed E-state index contributed by atoms with van der Waals surface area (Å²) >= 11 is 0. The van der Waals surface area contributed by atoms with Crippen LogP contribution in [0.5, 0.6) is 5.75 Å². The van der Waals surface area contributed by atoms with E-state index in [-0.39, 0.29) is 23.2 Å². The zero-order valence-corrected chi connectivity index (χ0v) is 17.0. The summed E-state index contributed by atoms with van der Waals surface area (Å²) < 4.78 is 31.0. The molecule has 1 atom stereocenters. The predicted octanol–water partition coefficient (Wildman–Crippen LogP) is 2.35. The monoisotopic (exact) mass is 419 g/mol. The Hall–Kier alpha value is -3.14. The van der Waals surface area contributed by atoms with Crippen molar-refractivity contribution in [3.05, 3.63) is 58.1 Å². The molecule has 10 heteroatoms. The number of hydrogen-bond donors (Lipinski definition) is 0. The van der Waals surface area contributed by atoms with Crippen LogP contribution in [0.15, 0.2) is 42.5 Å². The molecule has 0 aromatic heterocycles. The van der Waals surface area contributed by atoms with Gasteiger partial charge in [0.15, 0.2) is 0 Å². The number of carbonyl (C=O) groups is 1. The largest absolute Gasteiger partial charge is 0.495 e. The van der Waals surface area contributed by atoms with Gasteiger partial charge in [0.2, 0.25) is 15.9 Å². The molecule has 1 heterocycles. The van der Waals surface area contributed by atoms with Crippen molar-refractivity contribution in [1.82, 2.24) is 0 Å². The minimum atomic E-state index is -3.93. The topological polar surface area (TPSA) is 110 Å². The Morgan fingerprint density at radius 1 is 1.31 bits per heavy atom. The van der Waals surface area contributed by atoms with E-state index in [1.165, 1.54) is 19.2 Å². The highest BCUT2D eigenvalue weighted by Crippen LogP contribution is 2.35. The van der Waals surface area contributed by atoms with Gasteiger partial charge in [0, 0.05) is 23.9 Å². The molecule has 9 nitrogen and oxygen atoms in total. The number of non-ortho nitro benzene ring substituents is 1. The quantitative estimate of drug-likeness (QED) is 0.525. The molecule has 29 heavy (non-hydrogen) atoms. The first-order valence-corrected chi connectivity index (χ1v) is 10.7. The van der Waals surface area contributed by atoms with Crippen LogP contribution in [0.4, 0.5) is 17.1 Å². The van der Waals surface area contributed by atoms with Crippen LogP contribution in [0.2, 0.25) is 0 Å². The van der Waals surface area contributed by atoms with Crippen molar-refractivity contribution in [1.29, 1.82) is 0 Å². The van der Waals surface area contributed by atoms with Crippen LogP contribution in [0.1, 0.15) is 12.5 Å². The number of nitrogens with zero attached hydrogens (tertiary/aromatic N) is 3. The summed E-state index contributed by atoms with van der Waals surface area (Å²) in [6.45, 7) is 1.38. The number of hydrogen-bond acceptors (Lipinski definition) is 6. The molecule has 0 unspecified atom stereocenters. The van der Waals surface area contributed by atoms with Crippen LogP contribution in [-0.2, 0) is 21.2 Å². The van der Waals surface area contributed by atoms with Crippen molar-refractivity contribution in [2.24, 2.45) is 0 Å². The van der Waals surface area contributed by atoms with Gasteiger partial charge in [-0.3, -0.25) is 19.2 Å². The summed E-state index contributed by atoms with van der Waals surface area (Å²) in [6, 6.07) is 10.9. The van der Waals surface area contributed by atoms with E-state index in [9.17, 15) is 23.3 Å². The molecule has 0 aliphatic carbocycles. The fourth-order valence-corrected chi connectivity index (χ4v) is 4.36. The third-order valence-electron chi connectivity index (χ3n) is 4.80. The van der Waals surface area contributed by atoms with Crippen molar-refractivity contribution in [3.8, 4) is 5.75 Å². The van der Waals surface area contributed by atoms with Crippen molar-refractivity contribution >= 4 is 33.0 Å². The van der Waals surface area contributed by atoms with Crippen molar-refractivity contribution in [2.45, 2.75) is 19.4 Å². The molecule has 2 aromatic carbocycles. The zero-order valence-electron chi connectivity index (χ0n) is 16.2. The lowest BCUT2D eigenvalue weighted by Crippen LogP contribution is -2.45. The molecule has 3 rings (SSSR count). The van der Waals surface area contributed by atoms with Crippen molar-refractivity contribution < 1.29 is 22.9 Å². The number of rotatable bonds is 6. The predicted molar refractivity (Wildman–Crippen MR) is 109 cm³/mol. The number of anilines is 2. The summed E-state index contributed by atoms with van der Waals surface area (Å²) in [5.74, 6) is -0.315. The Morgan fingerprint density at radius 2 is 2.00 bits per heavy atom. The molecule has 1 amide bonds. The van der Waals surface area contributed by atoms with E-state index < -0.39 is 27.4 Å². The van der Waals surface area contributed by atoms with Gasteiger partial charge in [0.05, 0.1) is 18.3 Å². The lowest BCUT2D eigenvalue weighted by molar-refractivity contribution is -0.384. The number of nitro groups is 1. The van der Waals surface area contributed by atoms with Gasteiger partial charge < -0.3 is 9.64 Å². The van der Waals surface area contributed by atoms with Gasteiger partial charge in [0.25, 0.3) is 5.69 Å². The summed E-state index contributed by atoms with van der Waals surface area (Å²) in [6.07, 6.45) is 1.61. The normalized spacial score (nSPS) is 15.7. The van der Waals surface area contributed by atoms with Crippen LogP contribution < -0.4 is 13.9 Å². The van der Waals surface area contributed by atoms with Crippen LogP contribution in [0.3, 0.4) is 0 Å². The molecule has 0 N–H and O–H groups in total. The number of sulfonamides is 1. The summed E-state index contributed by atoms with van der Waals surface area (Å²) in [4.78, 5) is 25.2. The van der Waals surface area contributed by atoms with E-state index in [2.05, 4.69) is 0 Å². The minimum Gasteiger partial charge on any atom is -0.495 e. The highest BCUT2D eigenvalue weighted by Gasteiger charge is 2.34. The van der Waals surface area contributed by atoms with E-state index >= 15 is 0 Å². The molecule has 0 bridgehead atoms. The lowest BCUT2D eigenvalue weighted by Gasteiger charge is -2.28. The smallest absolute Gasteiger partial charge is 0.271 e. The van der Waals surface area contributed by atoms with E-state index in [1.54, 1.807) is 4.90 Å². The molecule has 0 fully saturated rings. The zero-order chi connectivity index (χ0) is 21.3. The molecule has 154 valence electrons. The third-order valence-corrected chi connectivity index (χ3v) is 5.92. The fraction of sp³-hybridized carbons (Fsp3) is 0.316. The summed E-state index contributed by atoms with van der Waals surface area (Å²) in [5, 5.41) is 11.2. The maximum Gasteiger partial charge on any atom is 0.271 e. The highest BCUT2D eigenvalue weighted by atomic mass is 32.2. The van der Waals surface area contributed by atoms with Gasteiger partial charge in [-0.1, -0.05) is 18.2 Å². The average molecular weight is 419 g/mol. The summed E-state index contributed by atoms with van der Waals surface area (Å²) in [5.41, 5.74) is 1.39. The molecule has 1 aliphatic rings. The molecule has 1 aliphatic heterocycles. The molecule has 0 spiro atoms. The molecular formula is C19H21N3O6S. The maximum absolute atomic E-state index is 13.1. The van der Waals surface area contributed by atoms with Gasteiger partial charge in [-0.15, -0.1) is 0 Å². The van der Waals surface area contributed by atoms with E-state index in [0.29, 0.717) is 6.42 Å². The second kappa shape index (κ2) is 7.70. The Morgan fingerprint density at radius 3 is 2.62 bits per heavy atom. The average Bonchev–Trinajstić information content (AvgIpc) is 3.00. The number of amides is 1. The number of para-hydroxylation sites is 1. The first kappa shape index (κ1) is 20.6. The van der Waals surface area contributed by atoms with Crippen molar-refractivity contribution in [2.75, 3.05) is 29.1 Å². The molecule has 0 saturated heterocycles. The Labute approximate surface area is 168 Å². The number of ether oxygens (including phenoxy) is 1. The maximum atomic E-state index is 13.1. The first-order valence-electron chi connectivity index (χ1n) is 8.83. The van der Waals surface area contributed by atoms with E-state index in [1.807, 2.05) is 31.2 Å². The second-order valence-corrected chi connectivity index (χ2v) is 8.74. The van der Waals surface area contributed by atoms with Gasteiger partial charge in [-0.05, 0) is 31.0 Å². The van der Waals surface area contributed by atoms with Crippen LogP contribution in [-0.4, -0.2) is 45.2 Å². The molecular weight excluding hydrogens is 398 g/mol. The highest BCUT2D eigenvalue weighted by molar-refractivity contribution is 7.92. The fourth-order valence-electron chi connectivity index (χ4n) is 3.51. The Bertz CT molecular complexity index is 1070. The number of nitro benzene ring substituents is 1. The van der Waals surface area contributed by atoms with E-state index in [4.69, 9.17) is 4.74 Å². The third kappa shape index (κ3) is 4.02. The van der Waals surface area contributed by atoms with Crippen LogP contribution in [0, 0.1) is 10.1 Å². The van der Waals surface area contributed by atoms with Crippen LogP contribution in [0.25, 0.3) is 0 Å². The van der Waals surface area contributed by atoms with Crippen molar-refractivity contribution in [3.63, 3.8) is 0 Å². The Balaban J connectivity index is 2.01. The lowest BCUT2D eigenvalue weighted by atomic mass is 10.1. The van der Waals surface area contributed by atoms with Gasteiger partial charge in [-0.2, -0.15) is 0 Å². The number of benzene rings is 2. The number of fused-ring (bicyclic) bond motifs is 1. The van der Waals surface area contributed by atoms with E-state index in [0.717, 1.165) is 27.9 Å². The minimum absolute atomic E-state index is 0.0577. The Kier molecular flexibility index (Phi) is 5.47. The first-order chi connectivity index (χ1) is 13.6. The standard InChI is InChI=1S/C19H21N3O6S/c1-13-10-14-6-4-5-7-16(14)21(13)19(23)12-20(29(3,26)27)17-11-15(22(24)25)8-9-18(17)28-2/h4-9,11,13H,10,12H2,1-3H3/t13-/m0/s1. The molecule has 2 aromatic rings. The van der Waals surface area contributed by atoms with Gasteiger partial charge in [-0.25, -0.2) is 8.42 Å². The molecule has 0 saturated carbocycles. The van der Waals surface area contributed by atoms with Gasteiger partial charge >= 0.3 is 0 Å². The SMILES string of the molecule is COc1ccc([N+](=O)[O-])cc1N(CC(=O)N1c2ccccc2C[C@@H]1C)S(C)(=O)=O. The van der Waals surface area contributed by atoms with Gasteiger partial charge in [0.1, 0.15) is 18.0 Å². The second-order valence-electron chi connectivity index (χ2n) is 6.83. The molecule has 0 radical (unpaired) electrons. The van der Waals surface area contributed by atoms with Crippen LogP contribution >= 0.6 is 0 Å².